The minimum Gasteiger partial charge on any atom is -0.478 e. The first kappa shape index (κ1) is 12.2. The van der Waals surface area contributed by atoms with Crippen LogP contribution in [0.25, 0.3) is 0 Å². The van der Waals surface area contributed by atoms with Crippen LogP contribution in [0.4, 0.5) is 5.69 Å². The predicted octanol–water partition coefficient (Wildman–Crippen LogP) is 1.06. The molecule has 1 amide bonds. The lowest BCUT2D eigenvalue weighted by Crippen LogP contribution is -2.15. The van der Waals surface area contributed by atoms with Gasteiger partial charge < -0.3 is 16.2 Å². The molecule has 0 aliphatic carbocycles. The third-order valence-electron chi connectivity index (χ3n) is 2.04. The van der Waals surface area contributed by atoms with Crippen molar-refractivity contribution in [1.29, 1.82) is 0 Å². The van der Waals surface area contributed by atoms with Gasteiger partial charge in [0.2, 0.25) is 5.91 Å². The molecule has 0 heterocycles. The van der Waals surface area contributed by atoms with Crippen molar-refractivity contribution in [3.05, 3.63) is 29.8 Å². The molecule has 0 saturated heterocycles. The Balaban J connectivity index is 2.73. The minimum absolute atomic E-state index is 0.0867. The van der Waals surface area contributed by atoms with Crippen LogP contribution in [0.2, 0.25) is 0 Å². The van der Waals surface area contributed by atoms with Gasteiger partial charge in [-0.15, -0.1) is 0 Å². The number of nitrogens with two attached hydrogens (primary N) is 1. The summed E-state index contributed by atoms with van der Waals surface area (Å²) in [4.78, 5) is 22.2. The van der Waals surface area contributed by atoms with E-state index in [2.05, 4.69) is 5.32 Å². The molecular weight excluding hydrogens is 208 g/mol. The van der Waals surface area contributed by atoms with E-state index < -0.39 is 5.97 Å². The summed E-state index contributed by atoms with van der Waals surface area (Å²) in [6.07, 6.45) is 0.880. The number of amides is 1. The van der Waals surface area contributed by atoms with E-state index >= 15 is 0 Å². The first-order valence-electron chi connectivity index (χ1n) is 4.97. The summed E-state index contributed by atoms with van der Waals surface area (Å²) in [6, 6.07) is 6.29. The molecule has 0 fully saturated rings. The first-order chi connectivity index (χ1) is 7.65. The number of hydrogen-bond donors (Lipinski definition) is 3. The van der Waals surface area contributed by atoms with Crippen LogP contribution in [0.3, 0.4) is 0 Å². The number of carboxylic acids is 1. The van der Waals surface area contributed by atoms with Crippen molar-refractivity contribution < 1.29 is 14.7 Å². The number of carbonyl (C=O) groups is 2. The van der Waals surface area contributed by atoms with Crippen molar-refractivity contribution in [2.45, 2.75) is 12.8 Å². The van der Waals surface area contributed by atoms with Crippen LogP contribution in [0.1, 0.15) is 23.2 Å². The maximum atomic E-state index is 11.4. The molecule has 0 radical (unpaired) electrons. The highest BCUT2D eigenvalue weighted by molar-refractivity contribution is 6.00. The highest BCUT2D eigenvalue weighted by atomic mass is 16.4. The van der Waals surface area contributed by atoms with Gasteiger partial charge in [0.1, 0.15) is 0 Å². The van der Waals surface area contributed by atoms with Crippen LogP contribution in [0, 0.1) is 0 Å². The SMILES string of the molecule is NCCCC(=O)Nc1ccccc1C(=O)O. The summed E-state index contributed by atoms with van der Waals surface area (Å²) in [5.41, 5.74) is 5.68. The minimum atomic E-state index is -1.06. The van der Waals surface area contributed by atoms with Gasteiger partial charge in [0, 0.05) is 6.42 Å². The molecule has 5 nitrogen and oxygen atoms in total. The van der Waals surface area contributed by atoms with Gasteiger partial charge in [0.05, 0.1) is 11.3 Å². The van der Waals surface area contributed by atoms with Crippen LogP contribution >= 0.6 is 0 Å². The van der Waals surface area contributed by atoms with E-state index in [0.717, 1.165) is 0 Å². The molecule has 0 unspecified atom stereocenters. The molecule has 1 aromatic rings. The fraction of sp³-hybridized carbons (Fsp3) is 0.273. The molecule has 86 valence electrons. The Morgan fingerprint density at radius 2 is 2.00 bits per heavy atom. The first-order valence-corrected chi connectivity index (χ1v) is 4.97. The second-order valence-corrected chi connectivity index (χ2v) is 3.29. The Kier molecular flexibility index (Phi) is 4.47. The van der Waals surface area contributed by atoms with Gasteiger partial charge in [-0.1, -0.05) is 12.1 Å². The summed E-state index contributed by atoms with van der Waals surface area (Å²) in [5.74, 6) is -1.28. The summed E-state index contributed by atoms with van der Waals surface area (Å²) in [7, 11) is 0. The van der Waals surface area contributed by atoms with Crippen molar-refractivity contribution in [2.24, 2.45) is 5.73 Å². The lowest BCUT2D eigenvalue weighted by atomic mass is 10.1. The van der Waals surface area contributed by atoms with E-state index in [-0.39, 0.29) is 11.5 Å². The van der Waals surface area contributed by atoms with Crippen LogP contribution in [0.15, 0.2) is 24.3 Å². The maximum Gasteiger partial charge on any atom is 0.337 e. The number of rotatable bonds is 5. The normalized spacial score (nSPS) is 9.81. The lowest BCUT2D eigenvalue weighted by molar-refractivity contribution is -0.116. The molecule has 0 aliphatic rings. The molecule has 5 heteroatoms. The molecule has 0 atom stereocenters. The van der Waals surface area contributed by atoms with Gasteiger partial charge in [-0.2, -0.15) is 0 Å². The second-order valence-electron chi connectivity index (χ2n) is 3.29. The zero-order valence-corrected chi connectivity index (χ0v) is 8.77. The third kappa shape index (κ3) is 3.36. The fourth-order valence-electron chi connectivity index (χ4n) is 1.25. The zero-order chi connectivity index (χ0) is 12.0. The number of carboxylic acid groups (broad SMARTS) is 1. The van der Waals surface area contributed by atoms with Crippen molar-refractivity contribution in [3.8, 4) is 0 Å². The van der Waals surface area contributed by atoms with Gasteiger partial charge in [-0.25, -0.2) is 4.79 Å². The average Bonchev–Trinajstić information content (AvgIpc) is 2.27. The Bertz CT molecular complexity index is 391. The number of carbonyl (C=O) groups excluding carboxylic acids is 1. The summed E-state index contributed by atoms with van der Waals surface area (Å²) in [5, 5.41) is 11.4. The fourth-order valence-corrected chi connectivity index (χ4v) is 1.25. The van der Waals surface area contributed by atoms with Crippen molar-refractivity contribution in [3.63, 3.8) is 0 Å². The number of aromatic carboxylic acids is 1. The maximum absolute atomic E-state index is 11.4. The van der Waals surface area contributed by atoms with Crippen LogP contribution in [0.5, 0.6) is 0 Å². The predicted molar refractivity (Wildman–Crippen MR) is 60.3 cm³/mol. The molecule has 0 saturated carbocycles. The molecule has 0 spiro atoms. The van der Waals surface area contributed by atoms with Gasteiger partial charge >= 0.3 is 5.97 Å². The summed E-state index contributed by atoms with van der Waals surface area (Å²) >= 11 is 0. The Labute approximate surface area is 93.3 Å². The number of anilines is 1. The number of hydrogen-bond acceptors (Lipinski definition) is 3. The van der Waals surface area contributed by atoms with Crippen molar-refractivity contribution in [1.82, 2.24) is 0 Å². The smallest absolute Gasteiger partial charge is 0.337 e. The summed E-state index contributed by atoms with van der Waals surface area (Å²) in [6.45, 7) is 0.438. The Morgan fingerprint density at radius 1 is 1.31 bits per heavy atom. The Hall–Kier alpha value is -1.88. The van der Waals surface area contributed by atoms with E-state index in [9.17, 15) is 9.59 Å². The molecule has 0 bridgehead atoms. The standard InChI is InChI=1S/C11H14N2O3/c12-7-3-6-10(14)13-9-5-2-1-4-8(9)11(15)16/h1-2,4-5H,3,6-7,12H2,(H,13,14)(H,15,16). The van der Waals surface area contributed by atoms with Crippen LogP contribution < -0.4 is 11.1 Å². The Morgan fingerprint density at radius 3 is 2.62 bits per heavy atom. The van der Waals surface area contributed by atoms with E-state index in [1.165, 1.54) is 6.07 Å². The lowest BCUT2D eigenvalue weighted by Gasteiger charge is -2.07. The van der Waals surface area contributed by atoms with Gasteiger partial charge in [0.25, 0.3) is 0 Å². The van der Waals surface area contributed by atoms with E-state index in [4.69, 9.17) is 10.8 Å². The van der Waals surface area contributed by atoms with Crippen molar-refractivity contribution >= 4 is 17.6 Å². The van der Waals surface area contributed by atoms with E-state index in [1.807, 2.05) is 0 Å². The van der Waals surface area contributed by atoms with Crippen LogP contribution in [-0.2, 0) is 4.79 Å². The molecule has 4 N–H and O–H groups in total. The van der Waals surface area contributed by atoms with Crippen molar-refractivity contribution in [2.75, 3.05) is 11.9 Å². The highest BCUT2D eigenvalue weighted by Crippen LogP contribution is 2.15. The molecule has 16 heavy (non-hydrogen) atoms. The van der Waals surface area contributed by atoms with E-state index in [1.54, 1.807) is 18.2 Å². The number of benzene rings is 1. The third-order valence-corrected chi connectivity index (χ3v) is 2.04. The van der Waals surface area contributed by atoms with E-state index in [0.29, 0.717) is 25.1 Å². The average molecular weight is 222 g/mol. The number of nitrogens with one attached hydrogen (secondary N) is 1. The van der Waals surface area contributed by atoms with Gasteiger partial charge in [-0.3, -0.25) is 4.79 Å². The monoisotopic (exact) mass is 222 g/mol. The second kappa shape index (κ2) is 5.87. The molecule has 0 aliphatic heterocycles. The largest absolute Gasteiger partial charge is 0.478 e. The molecule has 1 rings (SSSR count). The van der Waals surface area contributed by atoms with Gasteiger partial charge in [0.15, 0.2) is 0 Å². The molecule has 1 aromatic carbocycles. The van der Waals surface area contributed by atoms with Crippen LogP contribution in [-0.4, -0.2) is 23.5 Å². The summed E-state index contributed by atoms with van der Waals surface area (Å²) < 4.78 is 0. The quantitative estimate of drug-likeness (QED) is 0.694. The molecule has 0 aromatic heterocycles. The topological polar surface area (TPSA) is 92.4 Å². The number of para-hydroxylation sites is 1. The zero-order valence-electron chi connectivity index (χ0n) is 8.77. The van der Waals surface area contributed by atoms with Gasteiger partial charge in [-0.05, 0) is 25.1 Å². The molecular formula is C11H14N2O3. The highest BCUT2D eigenvalue weighted by Gasteiger charge is 2.10.